The Labute approximate surface area is 252 Å². The van der Waals surface area contributed by atoms with Gasteiger partial charge in [0.1, 0.15) is 19.8 Å². The lowest BCUT2D eigenvalue weighted by Crippen LogP contribution is -2.03. The third kappa shape index (κ3) is 6.96. The van der Waals surface area contributed by atoms with Crippen molar-refractivity contribution in [2.45, 2.75) is 26.2 Å². The average molecular weight is 568 g/mol. The van der Waals surface area contributed by atoms with Crippen LogP contribution >= 0.6 is 0 Å². The van der Waals surface area contributed by atoms with E-state index in [1.807, 2.05) is 85.1 Å². The molecule has 214 valence electrons. The third-order valence-corrected chi connectivity index (χ3v) is 7.23. The third-order valence-electron chi connectivity index (χ3n) is 7.23. The molecule has 0 N–H and O–H groups in total. The number of aromatic nitrogens is 1. The molecule has 0 amide bonds. The highest BCUT2D eigenvalue weighted by Gasteiger charge is 2.17. The van der Waals surface area contributed by atoms with Gasteiger partial charge < -0.3 is 18.9 Å². The average Bonchev–Trinajstić information content (AvgIpc) is 3.07. The number of benzene rings is 5. The SMILES string of the molecule is COc1ccc2ccnc(Cc3ccc(OCc4ccccc4)c(OCc4ccccc4)c3)c2c1OCc1ccccc1. The van der Waals surface area contributed by atoms with Crippen LogP contribution in [0.1, 0.15) is 27.9 Å². The first-order chi connectivity index (χ1) is 21.3. The summed E-state index contributed by atoms with van der Waals surface area (Å²) in [6.45, 7) is 1.32. The van der Waals surface area contributed by atoms with Crippen molar-refractivity contribution in [1.82, 2.24) is 4.98 Å². The number of hydrogen-bond donors (Lipinski definition) is 0. The molecule has 5 aromatic carbocycles. The zero-order valence-corrected chi connectivity index (χ0v) is 24.1. The van der Waals surface area contributed by atoms with Crippen molar-refractivity contribution in [3.63, 3.8) is 0 Å². The molecule has 0 atom stereocenters. The quantitative estimate of drug-likeness (QED) is 0.148. The summed E-state index contributed by atoms with van der Waals surface area (Å²) in [6.07, 6.45) is 2.42. The maximum absolute atomic E-state index is 6.40. The monoisotopic (exact) mass is 567 g/mol. The van der Waals surface area contributed by atoms with Crippen molar-refractivity contribution in [1.29, 1.82) is 0 Å². The zero-order valence-electron chi connectivity index (χ0n) is 24.1. The first-order valence-corrected chi connectivity index (χ1v) is 14.3. The molecular weight excluding hydrogens is 534 g/mol. The fraction of sp³-hybridized carbons (Fsp3) is 0.132. The van der Waals surface area contributed by atoms with Gasteiger partial charge in [-0.2, -0.15) is 0 Å². The van der Waals surface area contributed by atoms with Crippen molar-refractivity contribution < 1.29 is 18.9 Å². The van der Waals surface area contributed by atoms with Crippen molar-refractivity contribution in [2.24, 2.45) is 0 Å². The van der Waals surface area contributed by atoms with Gasteiger partial charge in [-0.3, -0.25) is 4.98 Å². The minimum absolute atomic E-state index is 0.426. The molecule has 1 aromatic heterocycles. The van der Waals surface area contributed by atoms with Gasteiger partial charge in [-0.05, 0) is 51.9 Å². The predicted octanol–water partition coefficient (Wildman–Crippen LogP) is 8.57. The molecule has 0 unspecified atom stereocenters. The van der Waals surface area contributed by atoms with Crippen LogP contribution < -0.4 is 18.9 Å². The van der Waals surface area contributed by atoms with Gasteiger partial charge in [-0.25, -0.2) is 0 Å². The van der Waals surface area contributed by atoms with E-state index in [-0.39, 0.29) is 0 Å². The van der Waals surface area contributed by atoms with Crippen LogP contribution in [0.4, 0.5) is 0 Å². The molecule has 0 aliphatic carbocycles. The number of nitrogens with zero attached hydrogens (tertiary/aromatic N) is 1. The fourth-order valence-corrected chi connectivity index (χ4v) is 5.01. The van der Waals surface area contributed by atoms with Crippen LogP contribution in [-0.2, 0) is 26.2 Å². The van der Waals surface area contributed by atoms with Crippen LogP contribution in [0.25, 0.3) is 10.8 Å². The van der Waals surface area contributed by atoms with E-state index >= 15 is 0 Å². The summed E-state index contributed by atoms with van der Waals surface area (Å²) >= 11 is 0. The van der Waals surface area contributed by atoms with E-state index in [4.69, 9.17) is 23.9 Å². The van der Waals surface area contributed by atoms with Crippen LogP contribution in [0.15, 0.2) is 134 Å². The Bertz CT molecular complexity index is 1770. The Kier molecular flexibility index (Phi) is 8.80. The van der Waals surface area contributed by atoms with E-state index in [1.54, 1.807) is 7.11 Å². The van der Waals surface area contributed by atoms with E-state index in [2.05, 4.69) is 48.5 Å². The van der Waals surface area contributed by atoms with Gasteiger partial charge >= 0.3 is 0 Å². The van der Waals surface area contributed by atoms with Crippen molar-refractivity contribution in [2.75, 3.05) is 7.11 Å². The Morgan fingerprint density at radius 1 is 0.512 bits per heavy atom. The van der Waals surface area contributed by atoms with E-state index in [1.165, 1.54) is 0 Å². The molecule has 1 heterocycles. The maximum atomic E-state index is 6.40. The first kappa shape index (κ1) is 27.9. The second-order valence-electron chi connectivity index (χ2n) is 10.2. The molecule has 0 aliphatic heterocycles. The number of hydrogen-bond acceptors (Lipinski definition) is 5. The molecule has 0 aliphatic rings. The first-order valence-electron chi connectivity index (χ1n) is 14.3. The van der Waals surface area contributed by atoms with Gasteiger partial charge in [0.2, 0.25) is 0 Å². The normalized spacial score (nSPS) is 10.8. The summed E-state index contributed by atoms with van der Waals surface area (Å²) in [6, 6.07) is 42.5. The van der Waals surface area contributed by atoms with E-state index in [0.717, 1.165) is 38.7 Å². The highest BCUT2D eigenvalue weighted by molar-refractivity contribution is 5.92. The number of pyridine rings is 1. The molecule has 5 heteroatoms. The van der Waals surface area contributed by atoms with Crippen molar-refractivity contribution >= 4 is 10.8 Å². The zero-order chi connectivity index (χ0) is 29.3. The highest BCUT2D eigenvalue weighted by Crippen LogP contribution is 2.39. The van der Waals surface area contributed by atoms with E-state index in [0.29, 0.717) is 49.2 Å². The molecule has 5 nitrogen and oxygen atoms in total. The summed E-state index contributed by atoms with van der Waals surface area (Å²) in [4.78, 5) is 4.81. The summed E-state index contributed by atoms with van der Waals surface area (Å²) < 4.78 is 24.7. The molecule has 6 rings (SSSR count). The minimum atomic E-state index is 0.426. The summed E-state index contributed by atoms with van der Waals surface area (Å²) in [5, 5.41) is 1.98. The summed E-state index contributed by atoms with van der Waals surface area (Å²) in [5.41, 5.74) is 5.21. The van der Waals surface area contributed by atoms with E-state index in [9.17, 15) is 0 Å². The van der Waals surface area contributed by atoms with Gasteiger partial charge in [0, 0.05) is 18.0 Å². The van der Waals surface area contributed by atoms with Gasteiger partial charge in [0.15, 0.2) is 23.0 Å². The van der Waals surface area contributed by atoms with Crippen LogP contribution in [0.5, 0.6) is 23.0 Å². The topological polar surface area (TPSA) is 49.8 Å². The van der Waals surface area contributed by atoms with Gasteiger partial charge in [-0.1, -0.05) is 103 Å². The largest absolute Gasteiger partial charge is 0.493 e. The minimum Gasteiger partial charge on any atom is -0.493 e. The summed E-state index contributed by atoms with van der Waals surface area (Å²) in [5.74, 6) is 2.75. The standard InChI is InChI=1S/C38H33NO4/c1-40-35-20-18-32-21-22-39-33(37(32)38(35)43-27-30-15-9-4-10-16-30)23-31-17-19-34(41-25-28-11-5-2-6-12-28)36(24-31)42-26-29-13-7-3-8-14-29/h2-22,24H,23,25-27H2,1H3. The molecule has 0 fully saturated rings. The van der Waals surface area contributed by atoms with Crippen molar-refractivity contribution in [3.05, 3.63) is 162 Å². The number of fused-ring (bicyclic) bond motifs is 1. The smallest absolute Gasteiger partial charge is 0.171 e. The second-order valence-corrected chi connectivity index (χ2v) is 10.2. The van der Waals surface area contributed by atoms with Gasteiger partial charge in [0.05, 0.1) is 12.8 Å². The fourth-order valence-electron chi connectivity index (χ4n) is 5.01. The Balaban J connectivity index is 1.31. The molecule has 43 heavy (non-hydrogen) atoms. The molecular formula is C38H33NO4. The molecule has 6 aromatic rings. The lowest BCUT2D eigenvalue weighted by molar-refractivity contribution is 0.255. The number of ether oxygens (including phenoxy) is 4. The van der Waals surface area contributed by atoms with Crippen LogP contribution in [0.3, 0.4) is 0 Å². The van der Waals surface area contributed by atoms with Crippen LogP contribution in [-0.4, -0.2) is 12.1 Å². The Morgan fingerprint density at radius 2 is 1.07 bits per heavy atom. The number of rotatable bonds is 12. The second kappa shape index (κ2) is 13.6. The molecule has 0 saturated heterocycles. The van der Waals surface area contributed by atoms with Gasteiger partial charge in [0.25, 0.3) is 0 Å². The lowest BCUT2D eigenvalue weighted by atomic mass is 10.0. The number of methoxy groups -OCH3 is 1. The molecule has 0 radical (unpaired) electrons. The maximum Gasteiger partial charge on any atom is 0.171 e. The predicted molar refractivity (Wildman–Crippen MR) is 170 cm³/mol. The molecule has 0 spiro atoms. The Hall–Kier alpha value is -5.29. The summed E-state index contributed by atoms with van der Waals surface area (Å²) in [7, 11) is 1.66. The molecule has 0 saturated carbocycles. The Morgan fingerprint density at radius 3 is 1.67 bits per heavy atom. The van der Waals surface area contributed by atoms with Gasteiger partial charge in [-0.15, -0.1) is 0 Å². The lowest BCUT2D eigenvalue weighted by Gasteiger charge is -2.17. The highest BCUT2D eigenvalue weighted by atomic mass is 16.5. The van der Waals surface area contributed by atoms with Crippen LogP contribution in [0.2, 0.25) is 0 Å². The van der Waals surface area contributed by atoms with Crippen molar-refractivity contribution in [3.8, 4) is 23.0 Å². The van der Waals surface area contributed by atoms with Crippen LogP contribution in [0, 0.1) is 0 Å². The van der Waals surface area contributed by atoms with E-state index < -0.39 is 0 Å². The molecule has 0 bridgehead atoms.